The summed E-state index contributed by atoms with van der Waals surface area (Å²) in [5.74, 6) is -0.367. The first kappa shape index (κ1) is 22.9. The van der Waals surface area contributed by atoms with Gasteiger partial charge in [0.25, 0.3) is 0 Å². The number of piperazine rings is 1. The van der Waals surface area contributed by atoms with Crippen molar-refractivity contribution in [3.05, 3.63) is 46.2 Å². The number of halogens is 5. The predicted molar refractivity (Wildman–Crippen MR) is 99.9 cm³/mol. The lowest BCUT2D eigenvalue weighted by atomic mass is 10.0. The van der Waals surface area contributed by atoms with Gasteiger partial charge in [-0.3, -0.25) is 4.90 Å². The maximum atomic E-state index is 12.5. The van der Waals surface area contributed by atoms with Crippen LogP contribution in [0, 0.1) is 0 Å². The first-order valence-corrected chi connectivity index (χ1v) is 8.39. The van der Waals surface area contributed by atoms with Crippen LogP contribution in [0.2, 0.25) is 0 Å². The molecule has 3 rings (SSSR count). The van der Waals surface area contributed by atoms with E-state index in [0.717, 1.165) is 37.1 Å². The summed E-state index contributed by atoms with van der Waals surface area (Å²) in [5.41, 5.74) is 0.418. The molecule has 2 N–H and O–H groups in total. The second-order valence-corrected chi connectivity index (χ2v) is 6.45. The van der Waals surface area contributed by atoms with Crippen LogP contribution in [0.4, 0.5) is 13.2 Å². The van der Waals surface area contributed by atoms with E-state index in [-0.39, 0.29) is 42.4 Å². The fourth-order valence-electron chi connectivity index (χ4n) is 2.87. The average Bonchev–Trinajstić information content (AvgIpc) is 3.04. The average molecular weight is 431 g/mol. The maximum Gasteiger partial charge on any atom is 0.573 e. The Hall–Kier alpha value is -1.19. The third-order valence-corrected chi connectivity index (χ3v) is 4.78. The highest BCUT2D eigenvalue weighted by Crippen LogP contribution is 2.39. The minimum absolute atomic E-state index is 0. The van der Waals surface area contributed by atoms with Crippen LogP contribution in [0.15, 0.2) is 35.7 Å². The molecule has 0 unspecified atom stereocenters. The van der Waals surface area contributed by atoms with Gasteiger partial charge in [0.2, 0.25) is 0 Å². The van der Waals surface area contributed by atoms with Gasteiger partial charge >= 0.3 is 6.36 Å². The second kappa shape index (κ2) is 9.66. The number of nitrogens with one attached hydrogen (secondary N) is 1. The zero-order valence-corrected chi connectivity index (χ0v) is 16.0. The predicted octanol–water partition coefficient (Wildman–Crippen LogP) is 4.19. The quantitative estimate of drug-likeness (QED) is 0.762. The van der Waals surface area contributed by atoms with E-state index < -0.39 is 6.36 Å². The number of benzene rings is 1. The summed E-state index contributed by atoms with van der Waals surface area (Å²) < 4.78 is 41.5. The van der Waals surface area contributed by atoms with Crippen LogP contribution in [0.1, 0.15) is 16.5 Å². The van der Waals surface area contributed by atoms with Gasteiger partial charge in [0.15, 0.2) is 0 Å². The van der Waals surface area contributed by atoms with Crippen molar-refractivity contribution >= 4 is 36.2 Å². The summed E-state index contributed by atoms with van der Waals surface area (Å²) in [6.07, 6.45) is -4.76. The summed E-state index contributed by atoms with van der Waals surface area (Å²) in [6.45, 7) is 3.07. The first-order chi connectivity index (χ1) is 11.4. The highest BCUT2D eigenvalue weighted by atomic mass is 35.5. The Kier molecular flexibility index (Phi) is 8.49. The minimum Gasteiger partial charge on any atom is -0.508 e. The van der Waals surface area contributed by atoms with Gasteiger partial charge in [-0.1, -0.05) is 6.07 Å². The summed E-state index contributed by atoms with van der Waals surface area (Å²) >= 11 is 1.51. The zero-order chi connectivity index (χ0) is 17.2. The number of aromatic hydroxyl groups is 1. The van der Waals surface area contributed by atoms with Gasteiger partial charge in [0.1, 0.15) is 11.5 Å². The zero-order valence-electron chi connectivity index (χ0n) is 13.5. The van der Waals surface area contributed by atoms with Crippen molar-refractivity contribution in [3.63, 3.8) is 0 Å². The minimum atomic E-state index is -4.76. The number of alkyl halides is 3. The van der Waals surface area contributed by atoms with Crippen LogP contribution < -0.4 is 10.1 Å². The molecule has 26 heavy (non-hydrogen) atoms. The van der Waals surface area contributed by atoms with Crippen molar-refractivity contribution in [1.82, 2.24) is 10.2 Å². The molecule has 0 spiro atoms. The van der Waals surface area contributed by atoms with Crippen molar-refractivity contribution in [3.8, 4) is 11.5 Å². The largest absolute Gasteiger partial charge is 0.573 e. The van der Waals surface area contributed by atoms with E-state index in [1.165, 1.54) is 23.5 Å². The van der Waals surface area contributed by atoms with Crippen LogP contribution in [0.25, 0.3) is 0 Å². The number of phenolic OH excluding ortho intramolecular Hbond substituents is 1. The molecule has 2 aromatic rings. The topological polar surface area (TPSA) is 44.7 Å². The van der Waals surface area contributed by atoms with Crippen LogP contribution in [-0.2, 0) is 0 Å². The molecule has 0 bridgehead atoms. The van der Waals surface area contributed by atoms with E-state index in [1.54, 1.807) is 0 Å². The smallest absolute Gasteiger partial charge is 0.508 e. The molecule has 1 atom stereocenters. The summed E-state index contributed by atoms with van der Waals surface area (Å²) in [5, 5.41) is 15.4. The van der Waals surface area contributed by atoms with E-state index >= 15 is 0 Å². The van der Waals surface area contributed by atoms with Crippen LogP contribution in [-0.4, -0.2) is 42.5 Å². The number of hydrogen-bond donors (Lipinski definition) is 2. The van der Waals surface area contributed by atoms with Crippen LogP contribution in [0.5, 0.6) is 11.5 Å². The third kappa shape index (κ3) is 5.65. The third-order valence-electron chi connectivity index (χ3n) is 3.86. The summed E-state index contributed by atoms with van der Waals surface area (Å²) in [7, 11) is 0. The van der Waals surface area contributed by atoms with Gasteiger partial charge in [-0.05, 0) is 29.6 Å². The molecule has 0 aliphatic carbocycles. The normalized spacial score (nSPS) is 16.3. The molecule has 0 radical (unpaired) electrons. The van der Waals surface area contributed by atoms with Crippen molar-refractivity contribution in [2.45, 2.75) is 12.4 Å². The van der Waals surface area contributed by atoms with E-state index in [4.69, 9.17) is 0 Å². The Balaban J connectivity index is 0.00000169. The number of ether oxygens (including phenoxy) is 1. The molecule has 1 saturated heterocycles. The van der Waals surface area contributed by atoms with E-state index in [2.05, 4.69) is 15.0 Å². The number of rotatable bonds is 4. The molecule has 10 heteroatoms. The van der Waals surface area contributed by atoms with Gasteiger partial charge < -0.3 is 15.2 Å². The Morgan fingerprint density at radius 1 is 1.15 bits per heavy atom. The maximum absolute atomic E-state index is 12.5. The molecular formula is C16H19Cl2F3N2O2S. The summed E-state index contributed by atoms with van der Waals surface area (Å²) in [4.78, 5) is 3.12. The number of nitrogens with zero attached hydrogens (tertiary/aromatic N) is 1. The molecule has 1 aliphatic rings. The molecule has 0 amide bonds. The van der Waals surface area contributed by atoms with Gasteiger partial charge in [-0.2, -0.15) is 0 Å². The fraction of sp³-hybridized carbons (Fsp3) is 0.375. The number of hydrogen-bond acceptors (Lipinski definition) is 5. The lowest BCUT2D eigenvalue weighted by Gasteiger charge is -2.35. The summed E-state index contributed by atoms with van der Waals surface area (Å²) in [6, 6.07) is 7.16. The fourth-order valence-corrected chi connectivity index (χ4v) is 3.74. The molecule has 1 aromatic heterocycles. The SMILES string of the molecule is Cl.Cl.Oc1ccc(OC(F)(F)F)cc1[C@@H](c1cccs1)N1CCNCC1. The highest BCUT2D eigenvalue weighted by molar-refractivity contribution is 7.10. The Bertz CT molecular complexity index is 681. The molecule has 0 saturated carbocycles. The van der Waals surface area contributed by atoms with Crippen LogP contribution in [0.3, 0.4) is 0 Å². The van der Waals surface area contributed by atoms with E-state index in [1.807, 2.05) is 17.5 Å². The lowest BCUT2D eigenvalue weighted by Crippen LogP contribution is -2.45. The van der Waals surface area contributed by atoms with Gasteiger partial charge in [0.05, 0.1) is 6.04 Å². The van der Waals surface area contributed by atoms with Gasteiger partial charge in [-0.25, -0.2) is 0 Å². The van der Waals surface area contributed by atoms with Crippen molar-refractivity contribution in [2.75, 3.05) is 26.2 Å². The molecule has 1 fully saturated rings. The standard InChI is InChI=1S/C16H17F3N2O2S.2ClH/c17-16(18,19)23-11-3-4-13(22)12(10-11)15(14-2-1-9-24-14)21-7-5-20-6-8-21;;/h1-4,9-10,15,20,22H,5-8H2;2*1H/t15-;;/m0../s1. The highest BCUT2D eigenvalue weighted by Gasteiger charge is 2.32. The Morgan fingerprint density at radius 3 is 2.42 bits per heavy atom. The van der Waals surface area contributed by atoms with Gasteiger partial charge in [0, 0.05) is 36.6 Å². The monoisotopic (exact) mass is 430 g/mol. The van der Waals surface area contributed by atoms with Crippen molar-refractivity contribution < 1.29 is 23.0 Å². The van der Waals surface area contributed by atoms with E-state index in [9.17, 15) is 18.3 Å². The lowest BCUT2D eigenvalue weighted by molar-refractivity contribution is -0.274. The van der Waals surface area contributed by atoms with Crippen molar-refractivity contribution in [1.29, 1.82) is 0 Å². The molecule has 2 heterocycles. The van der Waals surface area contributed by atoms with Crippen LogP contribution >= 0.6 is 36.2 Å². The molecule has 1 aliphatic heterocycles. The van der Waals surface area contributed by atoms with E-state index in [0.29, 0.717) is 5.56 Å². The molecular weight excluding hydrogens is 412 g/mol. The van der Waals surface area contributed by atoms with Crippen molar-refractivity contribution in [2.24, 2.45) is 0 Å². The Labute approximate surface area is 165 Å². The van der Waals surface area contributed by atoms with Gasteiger partial charge in [-0.15, -0.1) is 49.3 Å². The Morgan fingerprint density at radius 2 is 1.85 bits per heavy atom. The molecule has 146 valence electrons. The molecule has 4 nitrogen and oxygen atoms in total. The number of thiophene rings is 1. The second-order valence-electron chi connectivity index (χ2n) is 5.47. The first-order valence-electron chi connectivity index (χ1n) is 7.51. The molecule has 1 aromatic carbocycles. The number of phenols is 1.